The molecule has 0 aliphatic rings. The summed E-state index contributed by atoms with van der Waals surface area (Å²) in [5.74, 6) is 0. The van der Waals surface area contributed by atoms with E-state index in [4.69, 9.17) is 5.26 Å². The van der Waals surface area contributed by atoms with E-state index in [-0.39, 0.29) is 0 Å². The van der Waals surface area contributed by atoms with Crippen molar-refractivity contribution in [2.24, 2.45) is 10.3 Å². The third kappa shape index (κ3) is 3.93. The van der Waals surface area contributed by atoms with Crippen molar-refractivity contribution < 1.29 is 0 Å². The number of hydrogen-bond acceptors (Lipinski definition) is 3. The van der Waals surface area contributed by atoms with Crippen LogP contribution < -0.4 is 0 Å². The van der Waals surface area contributed by atoms with Crippen LogP contribution in [0.5, 0.6) is 0 Å². The predicted molar refractivity (Wildman–Crippen MR) is 73.6 cm³/mol. The van der Waals surface area contributed by atoms with E-state index in [0.29, 0.717) is 12.1 Å². The van der Waals surface area contributed by atoms with E-state index in [0.717, 1.165) is 5.69 Å². The average Bonchev–Trinajstić information content (AvgIpc) is 2.47. The number of nitriles is 1. The maximum atomic E-state index is 8.70. The predicted octanol–water partition coefficient (Wildman–Crippen LogP) is 3.69. The van der Waals surface area contributed by atoms with Gasteiger partial charge in [-0.3, -0.25) is 5.01 Å². The molecule has 4 heteroatoms. The molecule has 0 saturated heterocycles. The number of rotatable bonds is 4. The Morgan fingerprint density at radius 1 is 1.05 bits per heavy atom. The zero-order valence-corrected chi connectivity index (χ0v) is 10.7. The molecule has 0 aliphatic heterocycles. The van der Waals surface area contributed by atoms with Gasteiger partial charge in [-0.25, -0.2) is 0 Å². The minimum Gasteiger partial charge on any atom is -0.277 e. The molecule has 0 saturated carbocycles. The summed E-state index contributed by atoms with van der Waals surface area (Å²) in [7, 11) is 1.88. The van der Waals surface area contributed by atoms with Crippen molar-refractivity contribution in [1.29, 1.82) is 5.26 Å². The van der Waals surface area contributed by atoms with E-state index in [1.165, 1.54) is 5.56 Å². The maximum Gasteiger partial charge on any atom is 0.0991 e. The summed E-state index contributed by atoms with van der Waals surface area (Å²) in [5, 5.41) is 18.7. The third-order valence-corrected chi connectivity index (χ3v) is 2.56. The van der Waals surface area contributed by atoms with Gasteiger partial charge in [0.25, 0.3) is 0 Å². The Labute approximate surface area is 112 Å². The first kappa shape index (κ1) is 12.8. The Kier molecular flexibility index (Phi) is 4.25. The van der Waals surface area contributed by atoms with E-state index >= 15 is 0 Å². The Morgan fingerprint density at radius 3 is 2.37 bits per heavy atom. The van der Waals surface area contributed by atoms with Gasteiger partial charge in [0.1, 0.15) is 0 Å². The third-order valence-electron chi connectivity index (χ3n) is 2.56. The molecule has 0 unspecified atom stereocenters. The average molecular weight is 250 g/mol. The van der Waals surface area contributed by atoms with Crippen molar-refractivity contribution in [3.63, 3.8) is 0 Å². The molecule has 0 spiro atoms. The zero-order chi connectivity index (χ0) is 13.5. The minimum absolute atomic E-state index is 0.622. The van der Waals surface area contributed by atoms with Crippen LogP contribution in [0.15, 0.2) is 64.9 Å². The lowest BCUT2D eigenvalue weighted by atomic mass is 10.2. The van der Waals surface area contributed by atoms with Crippen molar-refractivity contribution in [3.8, 4) is 6.07 Å². The fourth-order valence-corrected chi connectivity index (χ4v) is 1.61. The zero-order valence-electron chi connectivity index (χ0n) is 10.7. The van der Waals surface area contributed by atoms with Gasteiger partial charge in [-0.05, 0) is 29.8 Å². The molecule has 0 atom stereocenters. The molecule has 0 radical (unpaired) electrons. The molecule has 2 aromatic carbocycles. The van der Waals surface area contributed by atoms with Crippen LogP contribution in [-0.2, 0) is 6.54 Å². The SMILES string of the molecule is CN(Cc1ccccc1)N=Nc1ccc(C#N)cc1. The molecule has 4 nitrogen and oxygen atoms in total. The monoisotopic (exact) mass is 250 g/mol. The second kappa shape index (κ2) is 6.31. The minimum atomic E-state index is 0.622. The quantitative estimate of drug-likeness (QED) is 0.613. The van der Waals surface area contributed by atoms with E-state index in [1.54, 1.807) is 29.3 Å². The van der Waals surface area contributed by atoms with Gasteiger partial charge < -0.3 is 0 Å². The highest BCUT2D eigenvalue weighted by Gasteiger charge is 1.96. The first-order valence-corrected chi connectivity index (χ1v) is 5.95. The molecule has 2 aromatic rings. The van der Waals surface area contributed by atoms with Crippen molar-refractivity contribution in [1.82, 2.24) is 5.01 Å². The lowest BCUT2D eigenvalue weighted by molar-refractivity contribution is 0.324. The second-order valence-electron chi connectivity index (χ2n) is 4.15. The largest absolute Gasteiger partial charge is 0.277 e. The second-order valence-corrected chi connectivity index (χ2v) is 4.15. The lowest BCUT2D eigenvalue weighted by Gasteiger charge is -2.10. The molecule has 0 bridgehead atoms. The van der Waals surface area contributed by atoms with Crippen molar-refractivity contribution >= 4 is 5.69 Å². The number of hydrogen-bond donors (Lipinski definition) is 0. The van der Waals surface area contributed by atoms with Gasteiger partial charge >= 0.3 is 0 Å². The van der Waals surface area contributed by atoms with E-state index in [9.17, 15) is 0 Å². The Hall–Kier alpha value is -2.67. The first-order chi connectivity index (χ1) is 9.28. The number of benzene rings is 2. The van der Waals surface area contributed by atoms with Crippen LogP contribution in [0.3, 0.4) is 0 Å². The van der Waals surface area contributed by atoms with Gasteiger partial charge in [0.15, 0.2) is 0 Å². The van der Waals surface area contributed by atoms with Gasteiger partial charge in [0, 0.05) is 7.05 Å². The van der Waals surface area contributed by atoms with Crippen molar-refractivity contribution in [2.75, 3.05) is 7.05 Å². The Balaban J connectivity index is 1.96. The molecule has 2 rings (SSSR count). The Bertz CT molecular complexity index is 582. The van der Waals surface area contributed by atoms with Crippen LogP contribution in [-0.4, -0.2) is 12.1 Å². The smallest absolute Gasteiger partial charge is 0.0991 e. The molecule has 0 N–H and O–H groups in total. The van der Waals surface area contributed by atoms with Gasteiger partial charge in [0.05, 0.1) is 23.9 Å². The fourth-order valence-electron chi connectivity index (χ4n) is 1.61. The highest BCUT2D eigenvalue weighted by atomic mass is 15.5. The van der Waals surface area contributed by atoms with E-state index < -0.39 is 0 Å². The molecule has 0 heterocycles. The summed E-state index contributed by atoms with van der Waals surface area (Å²) in [6.07, 6.45) is 0. The summed E-state index contributed by atoms with van der Waals surface area (Å²) < 4.78 is 0. The maximum absolute atomic E-state index is 8.70. The molecular formula is C15H14N4. The van der Waals surface area contributed by atoms with E-state index in [2.05, 4.69) is 16.4 Å². The molecule has 0 amide bonds. The number of nitrogens with zero attached hydrogens (tertiary/aromatic N) is 4. The van der Waals surface area contributed by atoms with Crippen LogP contribution in [0.4, 0.5) is 5.69 Å². The summed E-state index contributed by atoms with van der Waals surface area (Å²) >= 11 is 0. The van der Waals surface area contributed by atoms with E-state index in [1.807, 2.05) is 37.4 Å². The van der Waals surface area contributed by atoms with Crippen LogP contribution in [0.1, 0.15) is 11.1 Å². The Morgan fingerprint density at radius 2 is 1.74 bits per heavy atom. The summed E-state index contributed by atoms with van der Waals surface area (Å²) in [6, 6.07) is 19.2. The van der Waals surface area contributed by atoms with Crippen molar-refractivity contribution in [2.45, 2.75) is 6.54 Å². The van der Waals surface area contributed by atoms with Crippen LogP contribution >= 0.6 is 0 Å². The first-order valence-electron chi connectivity index (χ1n) is 5.95. The highest BCUT2D eigenvalue weighted by Crippen LogP contribution is 2.14. The van der Waals surface area contributed by atoms with Crippen LogP contribution in [0.2, 0.25) is 0 Å². The van der Waals surface area contributed by atoms with Gasteiger partial charge in [-0.2, -0.15) is 5.26 Å². The lowest BCUT2D eigenvalue weighted by Crippen LogP contribution is -2.09. The molecule has 0 aromatic heterocycles. The van der Waals surface area contributed by atoms with Gasteiger partial charge in [-0.15, -0.1) is 5.11 Å². The summed E-state index contributed by atoms with van der Waals surface area (Å²) in [4.78, 5) is 0. The topological polar surface area (TPSA) is 51.8 Å². The standard InChI is InChI=1S/C15H14N4/c1-19(12-14-5-3-2-4-6-14)18-17-15-9-7-13(11-16)8-10-15/h2-10H,12H2,1H3. The fraction of sp³-hybridized carbons (Fsp3) is 0.133. The summed E-state index contributed by atoms with van der Waals surface area (Å²) in [5.41, 5.74) is 2.54. The molecule has 0 aliphatic carbocycles. The molecule has 94 valence electrons. The summed E-state index contributed by atoms with van der Waals surface area (Å²) in [6.45, 7) is 0.709. The van der Waals surface area contributed by atoms with Crippen LogP contribution in [0.25, 0.3) is 0 Å². The molecule has 19 heavy (non-hydrogen) atoms. The van der Waals surface area contributed by atoms with Gasteiger partial charge in [-0.1, -0.05) is 35.6 Å². The van der Waals surface area contributed by atoms with Crippen molar-refractivity contribution in [3.05, 3.63) is 65.7 Å². The molecular weight excluding hydrogens is 236 g/mol. The van der Waals surface area contributed by atoms with Gasteiger partial charge in [0.2, 0.25) is 0 Å². The van der Waals surface area contributed by atoms with Crippen LogP contribution in [0, 0.1) is 11.3 Å². The normalized spacial score (nSPS) is 10.3. The highest BCUT2D eigenvalue weighted by molar-refractivity contribution is 5.41. The molecule has 0 fully saturated rings.